The zero-order valence-electron chi connectivity index (χ0n) is 15.5. The van der Waals surface area contributed by atoms with Gasteiger partial charge in [0.25, 0.3) is 0 Å². The second-order valence-corrected chi connectivity index (χ2v) is 6.84. The molecule has 0 spiro atoms. The molecule has 0 aliphatic heterocycles. The normalized spacial score (nSPS) is 14.6. The van der Waals surface area contributed by atoms with Crippen LogP contribution in [0.3, 0.4) is 0 Å². The Morgan fingerprint density at radius 2 is 1.61 bits per heavy atom. The molecule has 0 fully saturated rings. The number of benzene rings is 2. The smallest absolute Gasteiger partial charge is 0.409 e. The maximum absolute atomic E-state index is 12.3. The molecule has 2 aromatic rings. The summed E-state index contributed by atoms with van der Waals surface area (Å²) in [7, 11) is 0. The predicted molar refractivity (Wildman–Crippen MR) is 106 cm³/mol. The number of nitrogens with two attached hydrogens (primary N) is 2. The minimum atomic E-state index is -1.11. The summed E-state index contributed by atoms with van der Waals surface area (Å²) < 4.78 is 5.37. The Morgan fingerprint density at radius 1 is 1.04 bits per heavy atom. The van der Waals surface area contributed by atoms with Crippen molar-refractivity contribution in [2.24, 2.45) is 11.5 Å². The molecule has 148 valence electrons. The molecule has 0 radical (unpaired) electrons. The molecule has 0 heterocycles. The predicted octanol–water partition coefficient (Wildman–Crippen LogP) is 2.39. The van der Waals surface area contributed by atoms with Crippen molar-refractivity contribution >= 4 is 12.1 Å². The number of carbonyl (C=O) groups is 2. The zero-order chi connectivity index (χ0) is 20.1. The number of carboxylic acid groups (broad SMARTS) is 1. The van der Waals surface area contributed by atoms with Crippen molar-refractivity contribution in [2.75, 3.05) is 6.54 Å². The maximum Gasteiger partial charge on any atom is 0.409 e. The minimum absolute atomic E-state index is 0.284. The Hall–Kier alpha value is -2.90. The van der Waals surface area contributed by atoms with Crippen molar-refractivity contribution < 1.29 is 19.4 Å². The van der Waals surface area contributed by atoms with E-state index < -0.39 is 24.3 Å². The van der Waals surface area contributed by atoms with Gasteiger partial charge < -0.3 is 20.9 Å². The van der Waals surface area contributed by atoms with Gasteiger partial charge in [-0.25, -0.2) is 9.59 Å². The van der Waals surface area contributed by atoms with Gasteiger partial charge in [0.05, 0.1) is 5.92 Å². The van der Waals surface area contributed by atoms with E-state index in [4.69, 9.17) is 16.2 Å². The third-order valence-electron chi connectivity index (χ3n) is 4.99. The molecular formula is C21H25N3O4. The summed E-state index contributed by atoms with van der Waals surface area (Å²) in [6.45, 7) is 0.474. The fraction of sp³-hybridized carbons (Fsp3) is 0.333. The molecule has 7 heteroatoms. The number of nitrogens with one attached hydrogen (secondary N) is 1. The van der Waals surface area contributed by atoms with Crippen LogP contribution in [0.5, 0.6) is 0 Å². The van der Waals surface area contributed by atoms with Gasteiger partial charge in [0.1, 0.15) is 6.04 Å². The lowest BCUT2D eigenvalue weighted by atomic mass is 9.95. The number of unbranched alkanes of at least 4 members (excludes halogenated alkanes) is 1. The molecule has 0 bridgehead atoms. The van der Waals surface area contributed by atoms with Gasteiger partial charge >= 0.3 is 12.1 Å². The van der Waals surface area contributed by atoms with E-state index in [0.29, 0.717) is 19.4 Å². The van der Waals surface area contributed by atoms with Crippen LogP contribution in [0.15, 0.2) is 48.5 Å². The van der Waals surface area contributed by atoms with Gasteiger partial charge in [-0.15, -0.1) is 0 Å². The number of fused-ring (bicyclic) bond motifs is 3. The molecular weight excluding hydrogens is 358 g/mol. The average Bonchev–Trinajstić information content (AvgIpc) is 3.02. The van der Waals surface area contributed by atoms with Crippen LogP contribution in [-0.2, 0) is 9.53 Å². The summed E-state index contributed by atoms with van der Waals surface area (Å²) >= 11 is 0. The summed E-state index contributed by atoms with van der Waals surface area (Å²) in [6.07, 6.45) is -0.206. The van der Waals surface area contributed by atoms with Crippen LogP contribution in [-0.4, -0.2) is 36.0 Å². The first-order valence-electron chi connectivity index (χ1n) is 9.36. The quantitative estimate of drug-likeness (QED) is 0.409. The zero-order valence-corrected chi connectivity index (χ0v) is 15.5. The largest absolute Gasteiger partial charge is 0.480 e. The monoisotopic (exact) mass is 383 g/mol. The highest BCUT2D eigenvalue weighted by Gasteiger charge is 2.35. The molecule has 6 N–H and O–H groups in total. The van der Waals surface area contributed by atoms with Crippen molar-refractivity contribution in [3.8, 4) is 11.1 Å². The van der Waals surface area contributed by atoms with Crippen molar-refractivity contribution in [3.05, 3.63) is 59.7 Å². The maximum atomic E-state index is 12.3. The van der Waals surface area contributed by atoms with E-state index in [2.05, 4.69) is 5.32 Å². The van der Waals surface area contributed by atoms with Gasteiger partial charge in [-0.3, -0.25) is 5.73 Å². The molecule has 1 amide bonds. The second kappa shape index (κ2) is 8.86. The lowest BCUT2D eigenvalue weighted by molar-refractivity contribution is -0.139. The van der Waals surface area contributed by atoms with Gasteiger partial charge in [0.15, 0.2) is 6.23 Å². The fourth-order valence-electron chi connectivity index (χ4n) is 3.67. The average molecular weight is 383 g/mol. The van der Waals surface area contributed by atoms with Crippen LogP contribution < -0.4 is 16.8 Å². The first-order valence-corrected chi connectivity index (χ1v) is 9.36. The lowest BCUT2D eigenvalue weighted by Gasteiger charge is -2.23. The van der Waals surface area contributed by atoms with E-state index in [0.717, 1.165) is 22.3 Å². The number of amides is 1. The van der Waals surface area contributed by atoms with Crippen LogP contribution in [0.4, 0.5) is 4.79 Å². The van der Waals surface area contributed by atoms with Crippen molar-refractivity contribution in [3.63, 3.8) is 0 Å². The van der Waals surface area contributed by atoms with Gasteiger partial charge in [-0.05, 0) is 48.1 Å². The highest BCUT2D eigenvalue weighted by molar-refractivity contribution is 5.81. The number of hydrogen-bond donors (Lipinski definition) is 4. The SMILES string of the molecule is NCCCC[C@H](NC(=O)OC(N)C1c2ccccc2-c2ccccc21)C(=O)O. The Bertz CT molecular complexity index is 810. The molecule has 7 nitrogen and oxygen atoms in total. The summed E-state index contributed by atoms with van der Waals surface area (Å²) in [4.78, 5) is 23.6. The summed E-state index contributed by atoms with van der Waals surface area (Å²) in [6, 6.07) is 14.7. The molecule has 1 aliphatic carbocycles. The third-order valence-corrected chi connectivity index (χ3v) is 4.99. The number of aliphatic carboxylic acids is 1. The molecule has 0 aromatic heterocycles. The Kier molecular flexibility index (Phi) is 6.28. The van der Waals surface area contributed by atoms with Crippen LogP contribution in [0, 0.1) is 0 Å². The number of carboxylic acids is 1. The highest BCUT2D eigenvalue weighted by atomic mass is 16.6. The fourth-order valence-corrected chi connectivity index (χ4v) is 3.67. The van der Waals surface area contributed by atoms with Crippen LogP contribution in [0.1, 0.15) is 36.3 Å². The molecule has 3 rings (SSSR count). The van der Waals surface area contributed by atoms with Crippen molar-refractivity contribution in [2.45, 2.75) is 37.5 Å². The Morgan fingerprint density at radius 3 is 2.14 bits per heavy atom. The Labute approximate surface area is 163 Å². The molecule has 0 saturated carbocycles. The van der Waals surface area contributed by atoms with Crippen LogP contribution in [0.25, 0.3) is 11.1 Å². The van der Waals surface area contributed by atoms with Crippen LogP contribution in [0.2, 0.25) is 0 Å². The van der Waals surface area contributed by atoms with Crippen molar-refractivity contribution in [1.29, 1.82) is 0 Å². The van der Waals surface area contributed by atoms with E-state index in [1.807, 2.05) is 48.5 Å². The van der Waals surface area contributed by atoms with Gasteiger partial charge in [0, 0.05) is 0 Å². The van der Waals surface area contributed by atoms with E-state index in [1.165, 1.54) is 0 Å². The van der Waals surface area contributed by atoms with E-state index in [9.17, 15) is 14.7 Å². The highest BCUT2D eigenvalue weighted by Crippen LogP contribution is 2.45. The number of alkyl carbamates (subject to hydrolysis) is 1. The molecule has 28 heavy (non-hydrogen) atoms. The topological polar surface area (TPSA) is 128 Å². The summed E-state index contributed by atoms with van der Waals surface area (Å²) in [5.41, 5.74) is 15.8. The summed E-state index contributed by atoms with van der Waals surface area (Å²) in [5, 5.41) is 11.7. The first kappa shape index (κ1) is 19.9. The molecule has 2 aromatic carbocycles. The van der Waals surface area contributed by atoms with E-state index in [-0.39, 0.29) is 12.3 Å². The molecule has 2 atom stereocenters. The van der Waals surface area contributed by atoms with Gasteiger partial charge in [-0.1, -0.05) is 48.5 Å². The second-order valence-electron chi connectivity index (χ2n) is 6.84. The number of rotatable bonds is 8. The molecule has 1 unspecified atom stereocenters. The molecule has 1 aliphatic rings. The lowest BCUT2D eigenvalue weighted by Crippen LogP contribution is -2.44. The standard InChI is InChI=1S/C21H25N3O4/c22-12-6-5-11-17(20(25)26)24-21(27)28-19(23)18-15-9-3-1-7-13(15)14-8-2-4-10-16(14)18/h1-4,7-10,17-19H,5-6,11-12,22-23H2,(H,24,27)(H,25,26)/t17-,19?/m0/s1. The molecule has 0 saturated heterocycles. The first-order chi connectivity index (χ1) is 13.5. The Balaban J connectivity index is 1.71. The number of ether oxygens (including phenoxy) is 1. The third kappa shape index (κ3) is 4.16. The number of hydrogen-bond acceptors (Lipinski definition) is 5. The number of carbonyl (C=O) groups excluding carboxylic acids is 1. The summed E-state index contributed by atoms with van der Waals surface area (Å²) in [5.74, 6) is -1.42. The van der Waals surface area contributed by atoms with Crippen LogP contribution >= 0.6 is 0 Å². The van der Waals surface area contributed by atoms with Gasteiger partial charge in [-0.2, -0.15) is 0 Å². The van der Waals surface area contributed by atoms with E-state index in [1.54, 1.807) is 0 Å². The van der Waals surface area contributed by atoms with Gasteiger partial charge in [0.2, 0.25) is 0 Å². The minimum Gasteiger partial charge on any atom is -0.480 e. The van der Waals surface area contributed by atoms with E-state index >= 15 is 0 Å². The van der Waals surface area contributed by atoms with Crippen molar-refractivity contribution in [1.82, 2.24) is 5.32 Å².